The van der Waals surface area contributed by atoms with Gasteiger partial charge in [-0.1, -0.05) is 30.3 Å². The number of halogens is 1. The van der Waals surface area contributed by atoms with Crippen LogP contribution in [0.3, 0.4) is 0 Å². The number of hydrogen-bond acceptors (Lipinski definition) is 1. The van der Waals surface area contributed by atoms with Crippen molar-refractivity contribution in [2.45, 2.75) is 32.0 Å². The maximum absolute atomic E-state index is 13.7. The van der Waals surface area contributed by atoms with Gasteiger partial charge in [-0.15, -0.1) is 0 Å². The molecular weight excluding hydrogens is 165 g/mol. The third-order valence-corrected chi connectivity index (χ3v) is 2.61. The predicted octanol–water partition coefficient (Wildman–Crippen LogP) is 2.61. The molecule has 1 atom stereocenters. The fraction of sp³-hybridized carbons (Fsp3) is 0.455. The molecule has 0 amide bonds. The summed E-state index contributed by atoms with van der Waals surface area (Å²) in [4.78, 5) is 0. The van der Waals surface area contributed by atoms with Crippen molar-refractivity contribution in [3.8, 4) is 0 Å². The van der Waals surface area contributed by atoms with Crippen LogP contribution in [0.4, 0.5) is 4.39 Å². The van der Waals surface area contributed by atoms with Crippen molar-refractivity contribution in [1.29, 1.82) is 0 Å². The highest BCUT2D eigenvalue weighted by Gasteiger charge is 2.39. The van der Waals surface area contributed by atoms with E-state index in [0.29, 0.717) is 0 Å². The molecule has 13 heavy (non-hydrogen) atoms. The Morgan fingerprint density at radius 1 is 1.08 bits per heavy atom. The third-order valence-electron chi connectivity index (χ3n) is 2.61. The second-order valence-corrected chi connectivity index (χ2v) is 4.04. The first-order chi connectivity index (χ1) is 5.86. The Morgan fingerprint density at radius 3 is 1.92 bits per heavy atom. The Morgan fingerprint density at radius 2 is 1.54 bits per heavy atom. The molecule has 1 unspecified atom stereocenters. The maximum Gasteiger partial charge on any atom is 0.127 e. The summed E-state index contributed by atoms with van der Waals surface area (Å²) in [5, 5.41) is 0. The van der Waals surface area contributed by atoms with E-state index in [4.69, 9.17) is 5.73 Å². The number of hydrogen-bond donors (Lipinski definition) is 1. The van der Waals surface area contributed by atoms with Crippen LogP contribution in [-0.4, -0.2) is 5.67 Å². The molecule has 2 N–H and O–H groups in total. The molecule has 1 nitrogen and oxygen atoms in total. The van der Waals surface area contributed by atoms with Gasteiger partial charge in [0, 0.05) is 0 Å². The summed E-state index contributed by atoms with van der Waals surface area (Å²) < 4.78 is 13.7. The van der Waals surface area contributed by atoms with E-state index in [0.717, 1.165) is 5.56 Å². The van der Waals surface area contributed by atoms with Crippen LogP contribution in [0.1, 0.15) is 26.3 Å². The SMILES string of the molecule is CC(C)(F)C(C)(N)c1ccccc1. The van der Waals surface area contributed by atoms with Crippen LogP contribution in [0.15, 0.2) is 30.3 Å². The van der Waals surface area contributed by atoms with Gasteiger partial charge in [0.2, 0.25) is 0 Å². The third kappa shape index (κ3) is 1.89. The molecule has 1 rings (SSSR count). The van der Waals surface area contributed by atoms with E-state index in [1.54, 1.807) is 6.92 Å². The second kappa shape index (κ2) is 3.11. The Hall–Kier alpha value is -0.890. The van der Waals surface area contributed by atoms with Crippen molar-refractivity contribution in [3.63, 3.8) is 0 Å². The highest BCUT2D eigenvalue weighted by atomic mass is 19.1. The Labute approximate surface area is 78.8 Å². The quantitative estimate of drug-likeness (QED) is 0.745. The lowest BCUT2D eigenvalue weighted by molar-refractivity contribution is 0.105. The molecule has 0 aliphatic heterocycles. The number of benzene rings is 1. The topological polar surface area (TPSA) is 26.0 Å². The van der Waals surface area contributed by atoms with Crippen molar-refractivity contribution in [1.82, 2.24) is 0 Å². The number of rotatable bonds is 2. The Kier molecular flexibility index (Phi) is 2.44. The summed E-state index contributed by atoms with van der Waals surface area (Å²) in [7, 11) is 0. The average molecular weight is 181 g/mol. The monoisotopic (exact) mass is 181 g/mol. The van der Waals surface area contributed by atoms with Crippen LogP contribution in [0.2, 0.25) is 0 Å². The van der Waals surface area contributed by atoms with Crippen molar-refractivity contribution < 1.29 is 4.39 Å². The molecule has 0 saturated heterocycles. The zero-order valence-corrected chi connectivity index (χ0v) is 8.34. The highest BCUT2D eigenvalue weighted by Crippen LogP contribution is 2.32. The summed E-state index contributed by atoms with van der Waals surface area (Å²) in [6.45, 7) is 4.71. The molecule has 0 saturated carbocycles. The number of nitrogens with two attached hydrogens (primary N) is 1. The molecule has 0 fully saturated rings. The zero-order valence-electron chi connectivity index (χ0n) is 8.34. The molecular formula is C11H16FN. The lowest BCUT2D eigenvalue weighted by Crippen LogP contribution is -2.49. The first-order valence-corrected chi connectivity index (χ1v) is 4.39. The van der Waals surface area contributed by atoms with Gasteiger partial charge < -0.3 is 5.73 Å². The van der Waals surface area contributed by atoms with E-state index in [1.807, 2.05) is 30.3 Å². The molecule has 0 aliphatic carbocycles. The zero-order chi connectivity index (χ0) is 10.1. The minimum atomic E-state index is -1.42. The lowest BCUT2D eigenvalue weighted by Gasteiger charge is -2.35. The molecule has 1 aromatic rings. The van der Waals surface area contributed by atoms with Gasteiger partial charge in [0.1, 0.15) is 5.67 Å². The van der Waals surface area contributed by atoms with E-state index in [2.05, 4.69) is 0 Å². The fourth-order valence-electron chi connectivity index (χ4n) is 1.13. The first-order valence-electron chi connectivity index (χ1n) is 4.39. The normalized spacial score (nSPS) is 16.7. The second-order valence-electron chi connectivity index (χ2n) is 4.04. The molecule has 0 heterocycles. The lowest BCUT2D eigenvalue weighted by atomic mass is 9.80. The van der Waals surface area contributed by atoms with Gasteiger partial charge in [-0.2, -0.15) is 0 Å². The molecule has 2 heteroatoms. The number of alkyl halides is 1. The van der Waals surface area contributed by atoms with Gasteiger partial charge in [-0.25, -0.2) is 4.39 Å². The summed E-state index contributed by atoms with van der Waals surface area (Å²) in [5.41, 5.74) is 4.40. The summed E-state index contributed by atoms with van der Waals surface area (Å²) in [6, 6.07) is 9.33. The Bertz CT molecular complexity index is 272. The van der Waals surface area contributed by atoms with E-state index in [1.165, 1.54) is 13.8 Å². The fourth-order valence-corrected chi connectivity index (χ4v) is 1.13. The van der Waals surface area contributed by atoms with Gasteiger partial charge in [-0.05, 0) is 26.3 Å². The van der Waals surface area contributed by atoms with Gasteiger partial charge in [0.05, 0.1) is 5.54 Å². The van der Waals surface area contributed by atoms with Crippen LogP contribution < -0.4 is 5.73 Å². The minimum Gasteiger partial charge on any atom is -0.319 e. The van der Waals surface area contributed by atoms with Gasteiger partial charge in [0.25, 0.3) is 0 Å². The molecule has 0 aromatic heterocycles. The van der Waals surface area contributed by atoms with Gasteiger partial charge in [-0.3, -0.25) is 0 Å². The van der Waals surface area contributed by atoms with Crippen molar-refractivity contribution in [3.05, 3.63) is 35.9 Å². The standard InChI is InChI=1S/C11H16FN/c1-10(2,12)11(3,13)9-7-5-4-6-8-9/h4-8H,13H2,1-3H3. The van der Waals surface area contributed by atoms with E-state index in [9.17, 15) is 4.39 Å². The molecule has 72 valence electrons. The van der Waals surface area contributed by atoms with E-state index in [-0.39, 0.29) is 0 Å². The Balaban J connectivity index is 3.08. The predicted molar refractivity (Wildman–Crippen MR) is 53.2 cm³/mol. The van der Waals surface area contributed by atoms with Crippen molar-refractivity contribution in [2.24, 2.45) is 5.73 Å². The summed E-state index contributed by atoms with van der Waals surface area (Å²) in [6.07, 6.45) is 0. The van der Waals surface area contributed by atoms with Crippen LogP contribution in [0.5, 0.6) is 0 Å². The van der Waals surface area contributed by atoms with Crippen LogP contribution in [0.25, 0.3) is 0 Å². The molecule has 0 spiro atoms. The van der Waals surface area contributed by atoms with Gasteiger partial charge >= 0.3 is 0 Å². The highest BCUT2D eigenvalue weighted by molar-refractivity contribution is 5.26. The van der Waals surface area contributed by atoms with Crippen LogP contribution >= 0.6 is 0 Å². The average Bonchev–Trinajstić information content (AvgIpc) is 2.04. The van der Waals surface area contributed by atoms with E-state index >= 15 is 0 Å². The molecule has 0 bridgehead atoms. The maximum atomic E-state index is 13.7. The molecule has 0 aliphatic rings. The van der Waals surface area contributed by atoms with Crippen molar-refractivity contribution >= 4 is 0 Å². The molecule has 1 aromatic carbocycles. The summed E-state index contributed by atoms with van der Waals surface area (Å²) in [5.74, 6) is 0. The largest absolute Gasteiger partial charge is 0.319 e. The molecule has 0 radical (unpaired) electrons. The smallest absolute Gasteiger partial charge is 0.127 e. The van der Waals surface area contributed by atoms with Crippen molar-refractivity contribution in [2.75, 3.05) is 0 Å². The van der Waals surface area contributed by atoms with E-state index < -0.39 is 11.2 Å². The first kappa shape index (κ1) is 10.2. The van der Waals surface area contributed by atoms with Gasteiger partial charge in [0.15, 0.2) is 0 Å². The summed E-state index contributed by atoms with van der Waals surface area (Å²) >= 11 is 0. The van der Waals surface area contributed by atoms with Crippen LogP contribution in [-0.2, 0) is 5.54 Å². The van der Waals surface area contributed by atoms with Crippen LogP contribution in [0, 0.1) is 0 Å². The minimum absolute atomic E-state index is 0.822.